The van der Waals surface area contributed by atoms with E-state index in [0.717, 1.165) is 11.1 Å². The Morgan fingerprint density at radius 2 is 1.67 bits per heavy atom. The summed E-state index contributed by atoms with van der Waals surface area (Å²) in [5, 5.41) is 24.5. The van der Waals surface area contributed by atoms with Gasteiger partial charge in [0.15, 0.2) is 5.79 Å². The van der Waals surface area contributed by atoms with Crippen molar-refractivity contribution in [1.82, 2.24) is 10.6 Å². The molecule has 13 heteroatoms. The first-order valence-electron chi connectivity index (χ1n) is 19.2. The van der Waals surface area contributed by atoms with E-state index < -0.39 is 53.6 Å². The minimum atomic E-state index is -0.961. The van der Waals surface area contributed by atoms with Gasteiger partial charge in [0.1, 0.15) is 30.5 Å². The summed E-state index contributed by atoms with van der Waals surface area (Å²) in [5.74, 6) is -2.79. The SMILES string of the molecule is CC(C)(C)OC(=O)CCC(CO)NC(=O)c1cccc(CNC(=O)C2=CC3OC4(Cc5ccccc5C4)OC3C(OC(=O)c3cccc(C=COCCO)c3)C2)c1. The van der Waals surface area contributed by atoms with E-state index in [0.29, 0.717) is 40.7 Å². The number of nitrogens with one attached hydrogen (secondary N) is 2. The van der Waals surface area contributed by atoms with E-state index in [2.05, 4.69) is 10.6 Å². The van der Waals surface area contributed by atoms with E-state index in [4.69, 9.17) is 28.8 Å². The Morgan fingerprint density at radius 1 is 0.930 bits per heavy atom. The number of aliphatic hydroxyl groups excluding tert-OH is 2. The fourth-order valence-corrected chi connectivity index (χ4v) is 7.17. The molecule has 6 rings (SSSR count). The Hall–Kier alpha value is -5.34. The van der Waals surface area contributed by atoms with Gasteiger partial charge in [0, 0.05) is 43.4 Å². The van der Waals surface area contributed by atoms with Gasteiger partial charge in [0.25, 0.3) is 5.91 Å². The maximum absolute atomic E-state index is 13.8. The smallest absolute Gasteiger partial charge is 0.338 e. The summed E-state index contributed by atoms with van der Waals surface area (Å²) in [4.78, 5) is 52.6. The molecule has 2 aliphatic carbocycles. The number of amides is 2. The molecule has 302 valence electrons. The van der Waals surface area contributed by atoms with Crippen molar-refractivity contribution < 1.29 is 53.1 Å². The largest absolute Gasteiger partial charge is 0.499 e. The van der Waals surface area contributed by atoms with Crippen molar-refractivity contribution >= 4 is 29.8 Å². The molecule has 13 nitrogen and oxygen atoms in total. The van der Waals surface area contributed by atoms with Crippen LogP contribution in [0, 0.1) is 0 Å². The lowest BCUT2D eigenvalue weighted by Crippen LogP contribution is -2.43. The van der Waals surface area contributed by atoms with Gasteiger partial charge in [-0.25, -0.2) is 4.79 Å². The van der Waals surface area contributed by atoms with Crippen molar-refractivity contribution in [3.05, 3.63) is 124 Å². The zero-order valence-corrected chi connectivity index (χ0v) is 32.4. The first-order chi connectivity index (χ1) is 27.3. The first-order valence-corrected chi connectivity index (χ1v) is 19.2. The van der Waals surface area contributed by atoms with E-state index in [1.54, 1.807) is 81.5 Å². The third-order valence-electron chi connectivity index (χ3n) is 9.77. The van der Waals surface area contributed by atoms with Crippen LogP contribution in [0.4, 0.5) is 0 Å². The molecule has 3 aromatic rings. The monoisotopic (exact) mass is 782 g/mol. The molecule has 1 spiro atoms. The number of ether oxygens (including phenoxy) is 5. The molecule has 0 saturated carbocycles. The Balaban J connectivity index is 1.12. The topological polar surface area (TPSA) is 179 Å². The second kappa shape index (κ2) is 18.3. The van der Waals surface area contributed by atoms with Crippen molar-refractivity contribution in [2.24, 2.45) is 0 Å². The molecule has 0 radical (unpaired) electrons. The van der Waals surface area contributed by atoms with Gasteiger partial charge >= 0.3 is 11.9 Å². The minimum absolute atomic E-state index is 0.0333. The van der Waals surface area contributed by atoms with Crippen LogP contribution in [-0.4, -0.2) is 89.5 Å². The van der Waals surface area contributed by atoms with E-state index in [1.807, 2.05) is 24.3 Å². The molecule has 1 saturated heterocycles. The highest BCUT2D eigenvalue weighted by Crippen LogP contribution is 2.45. The normalized spacial score (nSPS) is 19.9. The Bertz CT molecular complexity index is 1980. The maximum atomic E-state index is 13.8. The molecule has 0 aromatic heterocycles. The van der Waals surface area contributed by atoms with Crippen LogP contribution < -0.4 is 10.6 Å². The number of benzene rings is 3. The highest BCUT2D eigenvalue weighted by atomic mass is 16.8. The number of rotatable bonds is 15. The van der Waals surface area contributed by atoms with Crippen LogP contribution in [0.3, 0.4) is 0 Å². The van der Waals surface area contributed by atoms with E-state index in [9.17, 15) is 24.3 Å². The fourth-order valence-electron chi connectivity index (χ4n) is 7.17. The van der Waals surface area contributed by atoms with Gasteiger partial charge < -0.3 is 44.5 Å². The number of fused-ring (bicyclic) bond motifs is 2. The van der Waals surface area contributed by atoms with Gasteiger partial charge in [-0.1, -0.05) is 48.5 Å². The van der Waals surface area contributed by atoms with E-state index in [-0.39, 0.29) is 51.5 Å². The predicted octanol–water partition coefficient (Wildman–Crippen LogP) is 4.33. The third kappa shape index (κ3) is 11.0. The first kappa shape index (κ1) is 41.3. The van der Waals surface area contributed by atoms with Crippen LogP contribution >= 0.6 is 0 Å². The summed E-state index contributed by atoms with van der Waals surface area (Å²) < 4.78 is 29.8. The molecule has 1 fully saturated rings. The number of esters is 2. The molecule has 2 amide bonds. The van der Waals surface area contributed by atoms with E-state index >= 15 is 0 Å². The summed E-state index contributed by atoms with van der Waals surface area (Å²) in [6.45, 7) is 5.08. The van der Waals surface area contributed by atoms with Crippen LogP contribution in [0.15, 0.2) is 90.7 Å². The lowest BCUT2D eigenvalue weighted by molar-refractivity contribution is -0.172. The molecule has 4 N–H and O–H groups in total. The standard InChI is InChI=1S/C44H50N2O11/c1-43(2,3)56-38(49)15-14-35(27-48)46-41(51)30-12-7-9-29(21-30)26-45-40(50)34-22-36(54-42(52)31-13-6-8-28(20-31)16-18-53-19-17-47)39-37(23-34)55-44(57-39)24-32-10-4-5-11-33(32)25-44/h4-13,16,18,20-21,23,35-37,39,47-48H,14-15,17,19,22,24-27H2,1-3H3,(H,45,50)(H,46,51). The average molecular weight is 783 g/mol. The Morgan fingerprint density at radius 3 is 2.39 bits per heavy atom. The zero-order valence-electron chi connectivity index (χ0n) is 32.4. The number of carbonyl (C=O) groups excluding carboxylic acids is 4. The maximum Gasteiger partial charge on any atom is 0.338 e. The summed E-state index contributed by atoms with van der Waals surface area (Å²) >= 11 is 0. The lowest BCUT2D eigenvalue weighted by atomic mass is 9.91. The molecular weight excluding hydrogens is 732 g/mol. The third-order valence-corrected chi connectivity index (χ3v) is 9.77. The molecule has 4 atom stereocenters. The molecule has 1 heterocycles. The van der Waals surface area contributed by atoms with Gasteiger partial charge in [-0.05, 0) is 85.9 Å². The number of hydrogen-bond donors (Lipinski definition) is 4. The van der Waals surface area contributed by atoms with Crippen molar-refractivity contribution in [2.45, 2.75) is 95.2 Å². The van der Waals surface area contributed by atoms with Gasteiger partial charge in [0.2, 0.25) is 5.91 Å². The summed E-state index contributed by atoms with van der Waals surface area (Å²) in [6.07, 6.45) is 4.06. The van der Waals surface area contributed by atoms with Crippen molar-refractivity contribution in [3.63, 3.8) is 0 Å². The van der Waals surface area contributed by atoms with Crippen LogP contribution in [0.5, 0.6) is 0 Å². The van der Waals surface area contributed by atoms with Crippen LogP contribution in [0.1, 0.15) is 83.0 Å². The van der Waals surface area contributed by atoms with Gasteiger partial charge in [0.05, 0.1) is 31.1 Å². The van der Waals surface area contributed by atoms with Crippen molar-refractivity contribution in [2.75, 3.05) is 19.8 Å². The van der Waals surface area contributed by atoms with Crippen LogP contribution in [-0.2, 0) is 52.7 Å². The molecular formula is C44H50N2O11. The second-order valence-electron chi connectivity index (χ2n) is 15.4. The van der Waals surface area contributed by atoms with Gasteiger partial charge in [-0.3, -0.25) is 14.4 Å². The molecule has 0 bridgehead atoms. The van der Waals surface area contributed by atoms with Gasteiger partial charge in [-0.15, -0.1) is 0 Å². The van der Waals surface area contributed by atoms with Crippen LogP contribution in [0.25, 0.3) is 6.08 Å². The minimum Gasteiger partial charge on any atom is -0.499 e. The molecule has 3 aromatic carbocycles. The molecule has 4 unspecified atom stereocenters. The van der Waals surface area contributed by atoms with Gasteiger partial charge in [-0.2, -0.15) is 0 Å². The summed E-state index contributed by atoms with van der Waals surface area (Å²) in [5.41, 5.74) is 3.93. The Kier molecular flexibility index (Phi) is 13.2. The number of carbonyl (C=O) groups is 4. The summed E-state index contributed by atoms with van der Waals surface area (Å²) in [7, 11) is 0. The van der Waals surface area contributed by atoms with Crippen LogP contribution in [0.2, 0.25) is 0 Å². The number of aliphatic hydroxyl groups is 2. The average Bonchev–Trinajstić information content (AvgIpc) is 3.74. The molecule has 1 aliphatic heterocycles. The zero-order chi connectivity index (χ0) is 40.6. The molecule has 57 heavy (non-hydrogen) atoms. The highest BCUT2D eigenvalue weighted by Gasteiger charge is 2.55. The number of hydrogen-bond acceptors (Lipinski definition) is 11. The predicted molar refractivity (Wildman–Crippen MR) is 208 cm³/mol. The van der Waals surface area contributed by atoms with E-state index in [1.165, 1.54) is 6.26 Å². The highest BCUT2D eigenvalue weighted by molar-refractivity contribution is 5.95. The summed E-state index contributed by atoms with van der Waals surface area (Å²) in [6, 6.07) is 20.9. The molecule has 3 aliphatic rings. The van der Waals surface area contributed by atoms with Crippen molar-refractivity contribution in [3.8, 4) is 0 Å². The van der Waals surface area contributed by atoms with Crippen molar-refractivity contribution in [1.29, 1.82) is 0 Å². The quantitative estimate of drug-likeness (QED) is 0.0980. The lowest BCUT2D eigenvalue weighted by Gasteiger charge is -2.30. The Labute approximate surface area is 332 Å². The fraction of sp³-hybridized carbons (Fsp3) is 0.409. The second-order valence-corrected chi connectivity index (χ2v) is 15.4.